The molecule has 13 heteroatoms. The molecule has 0 spiro atoms. The fraction of sp³-hybridized carbons (Fsp3) is 0.452. The Morgan fingerprint density at radius 3 is 1.89 bits per heavy atom. The number of ether oxygens (including phenoxy) is 7. The zero-order valence-electron chi connectivity index (χ0n) is 27.7. The molecule has 0 N–H and O–H groups in total. The Hall–Kier alpha value is -4.49. The molecule has 236 valence electrons. The number of carbonyl (C=O) groups excluding carboxylic acids is 5. The summed E-state index contributed by atoms with van der Waals surface area (Å²) >= 11 is 0. The summed E-state index contributed by atoms with van der Waals surface area (Å²) in [6.07, 6.45) is -7.87. The first-order chi connectivity index (χ1) is 23.2. The summed E-state index contributed by atoms with van der Waals surface area (Å²) < 4.78 is 67.6. The molecule has 0 bridgehead atoms. The molecule has 2 aliphatic rings. The summed E-state index contributed by atoms with van der Waals surface area (Å²) in [5.41, 5.74) is 2.10. The summed E-state index contributed by atoms with van der Waals surface area (Å²) in [5, 5.41) is 0. The van der Waals surface area contributed by atoms with Crippen LogP contribution in [-0.4, -0.2) is 98.3 Å². The van der Waals surface area contributed by atoms with Crippen molar-refractivity contribution in [3.05, 3.63) is 54.1 Å². The van der Waals surface area contributed by atoms with E-state index in [0.29, 0.717) is 31.9 Å². The Labute approximate surface area is 259 Å². The summed E-state index contributed by atoms with van der Waals surface area (Å²) in [6.45, 7) is -1.84. The van der Waals surface area contributed by atoms with Crippen molar-refractivity contribution in [2.24, 2.45) is 0 Å². The maximum absolute atomic E-state index is 12.8. The fourth-order valence-corrected chi connectivity index (χ4v) is 4.75. The fourth-order valence-electron chi connectivity index (χ4n) is 4.75. The van der Waals surface area contributed by atoms with E-state index in [-0.39, 0.29) is 11.7 Å². The van der Waals surface area contributed by atoms with Gasteiger partial charge in [-0.1, -0.05) is 24.3 Å². The second-order valence-corrected chi connectivity index (χ2v) is 9.71. The van der Waals surface area contributed by atoms with Gasteiger partial charge < -0.3 is 38.1 Å². The van der Waals surface area contributed by atoms with E-state index in [1.807, 2.05) is 0 Å². The molecule has 2 saturated heterocycles. The lowest BCUT2D eigenvalue weighted by Gasteiger charge is -2.43. The average Bonchev–Trinajstić information content (AvgIpc) is 3.13. The average molecular weight is 618 g/mol. The molecule has 5 atom stereocenters. The number of hydrogen-bond donors (Lipinski definition) is 0. The molecular formula is C31H35NO12. The van der Waals surface area contributed by atoms with Gasteiger partial charge in [0.1, 0.15) is 18.5 Å². The van der Waals surface area contributed by atoms with Crippen LogP contribution in [0, 0.1) is 0 Å². The zero-order valence-corrected chi connectivity index (χ0v) is 23.7. The highest BCUT2D eigenvalue weighted by Gasteiger charge is 2.53. The third kappa shape index (κ3) is 8.54. The zero-order chi connectivity index (χ0) is 34.6. The normalized spacial score (nSPS) is 24.4. The lowest BCUT2D eigenvalue weighted by Crippen LogP contribution is -2.63. The van der Waals surface area contributed by atoms with Crippen LogP contribution < -0.4 is 4.74 Å². The predicted molar refractivity (Wildman–Crippen MR) is 151 cm³/mol. The first-order valence-electron chi connectivity index (χ1n) is 16.3. The number of rotatable bonds is 9. The SMILES string of the molecule is [2H]CC(=O)OC[C@H]1OC(Oc2ccc(-c3ccc(C(=O)N4CCOCC4)cc3)cc2)[C@@H](OC(=O)C[2H])[C@@H](OC(=O)C[2H])[C@@H]1OC(=O)C[2H]. The second kappa shape index (κ2) is 14.8. The summed E-state index contributed by atoms with van der Waals surface area (Å²) in [6, 6.07) is 13.6. The predicted octanol–water partition coefficient (Wildman–Crippen LogP) is 2.29. The molecule has 0 radical (unpaired) electrons. The highest BCUT2D eigenvalue weighted by molar-refractivity contribution is 5.94. The Bertz CT molecular complexity index is 1420. The van der Waals surface area contributed by atoms with Crippen LogP contribution in [0.3, 0.4) is 0 Å². The summed E-state index contributed by atoms with van der Waals surface area (Å²) in [5.74, 6) is -4.09. The Balaban J connectivity index is 1.58. The molecule has 0 saturated carbocycles. The molecule has 0 aliphatic carbocycles. The maximum atomic E-state index is 12.8. The molecule has 2 aromatic rings. The monoisotopic (exact) mass is 617 g/mol. The topological polar surface area (TPSA) is 153 Å². The van der Waals surface area contributed by atoms with Gasteiger partial charge in [0.15, 0.2) is 12.2 Å². The van der Waals surface area contributed by atoms with Crippen LogP contribution >= 0.6 is 0 Å². The van der Waals surface area contributed by atoms with E-state index >= 15 is 0 Å². The van der Waals surface area contributed by atoms with E-state index < -0.39 is 88.8 Å². The van der Waals surface area contributed by atoms with Crippen LogP contribution in [0.25, 0.3) is 11.1 Å². The van der Waals surface area contributed by atoms with Crippen molar-refractivity contribution >= 4 is 29.8 Å². The van der Waals surface area contributed by atoms with E-state index in [0.717, 1.165) is 11.1 Å². The second-order valence-electron chi connectivity index (χ2n) is 9.71. The Kier molecular flexibility index (Phi) is 9.11. The van der Waals surface area contributed by atoms with Gasteiger partial charge in [-0.15, -0.1) is 0 Å². The van der Waals surface area contributed by atoms with Crippen LogP contribution in [-0.2, 0) is 47.6 Å². The molecule has 0 aromatic heterocycles. The Morgan fingerprint density at radius 2 is 1.30 bits per heavy atom. The number of amides is 1. The maximum Gasteiger partial charge on any atom is 0.303 e. The van der Waals surface area contributed by atoms with E-state index in [9.17, 15) is 24.0 Å². The highest BCUT2D eigenvalue weighted by Crippen LogP contribution is 2.32. The van der Waals surface area contributed by atoms with Crippen molar-refractivity contribution in [3.63, 3.8) is 0 Å². The van der Waals surface area contributed by atoms with Crippen LogP contribution in [0.15, 0.2) is 48.5 Å². The number of esters is 4. The molecule has 13 nitrogen and oxygen atoms in total. The summed E-state index contributed by atoms with van der Waals surface area (Å²) in [7, 11) is 0. The van der Waals surface area contributed by atoms with Gasteiger partial charge in [-0.05, 0) is 35.4 Å². The van der Waals surface area contributed by atoms with Gasteiger partial charge in [-0.3, -0.25) is 24.0 Å². The number of carbonyl (C=O) groups is 5. The smallest absolute Gasteiger partial charge is 0.303 e. The third-order valence-electron chi connectivity index (χ3n) is 6.67. The highest BCUT2D eigenvalue weighted by atomic mass is 16.7. The minimum absolute atomic E-state index is 0.0853. The Morgan fingerprint density at radius 1 is 0.750 bits per heavy atom. The van der Waals surface area contributed by atoms with Crippen LogP contribution in [0.4, 0.5) is 0 Å². The minimum atomic E-state index is -1.66. The van der Waals surface area contributed by atoms with E-state index in [1.54, 1.807) is 53.4 Å². The standard InChI is InChI=1S/C31H35NO12/c1-18(33)39-17-26-27(40-19(2)34)28(41-20(3)35)29(42-21(4)36)31(44-26)43-25-11-9-23(10-12-25)22-5-7-24(8-6-22)30(37)32-13-15-38-16-14-32/h5-12,26-29,31H,13-17H2,1-4H3/t26-,27-,28+,29+,31?/m1/s1/i1D,2D,3D,4D. The van der Waals surface area contributed by atoms with Crippen LogP contribution in [0.5, 0.6) is 5.75 Å². The van der Waals surface area contributed by atoms with E-state index in [4.69, 9.17) is 38.6 Å². The minimum Gasteiger partial charge on any atom is -0.463 e. The van der Waals surface area contributed by atoms with Crippen molar-refractivity contribution in [3.8, 4) is 16.9 Å². The molecule has 2 heterocycles. The van der Waals surface area contributed by atoms with Crippen molar-refractivity contribution in [1.82, 2.24) is 4.90 Å². The van der Waals surface area contributed by atoms with Gasteiger partial charge in [-0.25, -0.2) is 0 Å². The molecule has 4 rings (SSSR count). The van der Waals surface area contributed by atoms with Crippen molar-refractivity contribution in [2.75, 3.05) is 32.9 Å². The number of hydrogen-bond acceptors (Lipinski definition) is 12. The lowest BCUT2D eigenvalue weighted by atomic mass is 9.98. The number of morpholine rings is 1. The number of nitrogens with zero attached hydrogens (tertiary/aromatic N) is 1. The van der Waals surface area contributed by atoms with Crippen molar-refractivity contribution in [1.29, 1.82) is 0 Å². The quantitative estimate of drug-likeness (QED) is 0.300. The molecule has 2 aliphatic heterocycles. The molecule has 2 fully saturated rings. The van der Waals surface area contributed by atoms with Gasteiger partial charge in [0.25, 0.3) is 5.91 Å². The van der Waals surface area contributed by atoms with Gasteiger partial charge in [0.05, 0.1) is 13.2 Å². The largest absolute Gasteiger partial charge is 0.463 e. The lowest BCUT2D eigenvalue weighted by molar-refractivity contribution is -0.288. The molecule has 44 heavy (non-hydrogen) atoms. The van der Waals surface area contributed by atoms with Gasteiger partial charge in [-0.2, -0.15) is 0 Å². The van der Waals surface area contributed by atoms with Gasteiger partial charge in [0.2, 0.25) is 12.4 Å². The summed E-state index contributed by atoms with van der Waals surface area (Å²) in [4.78, 5) is 63.1. The van der Waals surface area contributed by atoms with Gasteiger partial charge in [0, 0.05) is 51.7 Å². The van der Waals surface area contributed by atoms with Crippen molar-refractivity contribution < 1.29 is 62.6 Å². The number of benzene rings is 2. The van der Waals surface area contributed by atoms with Crippen molar-refractivity contribution in [2.45, 2.75) is 58.3 Å². The molecular weight excluding hydrogens is 578 g/mol. The van der Waals surface area contributed by atoms with Crippen LogP contribution in [0.1, 0.15) is 43.4 Å². The molecule has 1 amide bonds. The first kappa shape index (κ1) is 27.1. The third-order valence-corrected chi connectivity index (χ3v) is 6.67. The van der Waals surface area contributed by atoms with Crippen LogP contribution in [0.2, 0.25) is 0 Å². The van der Waals surface area contributed by atoms with E-state index in [1.165, 1.54) is 0 Å². The molecule has 2 aromatic carbocycles. The molecule has 1 unspecified atom stereocenters. The van der Waals surface area contributed by atoms with Gasteiger partial charge >= 0.3 is 23.9 Å². The first-order valence-corrected chi connectivity index (χ1v) is 13.5. The van der Waals surface area contributed by atoms with E-state index in [2.05, 4.69) is 0 Å².